The summed E-state index contributed by atoms with van der Waals surface area (Å²) in [5.74, 6) is -1.09. The number of rotatable bonds is 4. The molecule has 134 valence electrons. The van der Waals surface area contributed by atoms with E-state index in [1.165, 1.54) is 18.5 Å². The topological polar surface area (TPSA) is 99.8 Å². The van der Waals surface area contributed by atoms with Gasteiger partial charge in [0.05, 0.1) is 39.4 Å². The molecule has 1 aromatic carbocycles. The van der Waals surface area contributed by atoms with Crippen LogP contribution in [0.2, 0.25) is 15.2 Å². The van der Waals surface area contributed by atoms with Gasteiger partial charge in [-0.2, -0.15) is 5.10 Å². The van der Waals surface area contributed by atoms with E-state index in [1.54, 1.807) is 24.3 Å². The molecule has 0 radical (unpaired) electrons. The Bertz CT molecular complexity index is 958. The summed E-state index contributed by atoms with van der Waals surface area (Å²) in [7, 11) is 0. The van der Waals surface area contributed by atoms with Crippen molar-refractivity contribution in [1.29, 1.82) is 0 Å². The number of nitrogens with one attached hydrogen (secondary N) is 3. The van der Waals surface area contributed by atoms with Crippen LogP contribution in [0.5, 0.6) is 0 Å². The Labute approximate surface area is 164 Å². The third kappa shape index (κ3) is 3.96. The highest BCUT2D eigenvalue weighted by Gasteiger charge is 2.20. The van der Waals surface area contributed by atoms with Crippen LogP contribution in [-0.4, -0.2) is 27.0 Å². The van der Waals surface area contributed by atoms with Gasteiger partial charge in [0.1, 0.15) is 10.8 Å². The summed E-state index contributed by atoms with van der Waals surface area (Å²) in [5.41, 5.74) is 0.757. The summed E-state index contributed by atoms with van der Waals surface area (Å²) >= 11 is 17.7. The SMILES string of the molecule is O=C(Nc1ccc(Cl)nc1)c1[nH]ncc1NC(=O)c1c(Cl)cccc1Cl.[HH]. The molecule has 0 bridgehead atoms. The smallest absolute Gasteiger partial charge is 0.275 e. The molecule has 0 spiro atoms. The van der Waals surface area contributed by atoms with Crippen LogP contribution in [0.25, 0.3) is 0 Å². The van der Waals surface area contributed by atoms with Crippen LogP contribution in [0.4, 0.5) is 11.4 Å². The Hall–Kier alpha value is -2.61. The Morgan fingerprint density at radius 2 is 1.69 bits per heavy atom. The van der Waals surface area contributed by atoms with Crippen LogP contribution in [0.1, 0.15) is 22.3 Å². The Morgan fingerprint density at radius 3 is 2.35 bits per heavy atom. The van der Waals surface area contributed by atoms with Gasteiger partial charge in [0.25, 0.3) is 11.8 Å². The van der Waals surface area contributed by atoms with Gasteiger partial charge in [0, 0.05) is 1.43 Å². The van der Waals surface area contributed by atoms with Crippen molar-refractivity contribution in [3.05, 3.63) is 69.2 Å². The van der Waals surface area contributed by atoms with E-state index < -0.39 is 11.8 Å². The molecule has 2 aromatic heterocycles. The molecule has 0 fully saturated rings. The Balaban J connectivity index is 0.00000261. The minimum absolute atomic E-state index is 0. The summed E-state index contributed by atoms with van der Waals surface area (Å²) < 4.78 is 0. The van der Waals surface area contributed by atoms with Crippen LogP contribution in [0.15, 0.2) is 42.7 Å². The minimum Gasteiger partial charge on any atom is -0.319 e. The highest BCUT2D eigenvalue weighted by Crippen LogP contribution is 2.26. The van der Waals surface area contributed by atoms with Gasteiger partial charge in [-0.25, -0.2) is 4.98 Å². The number of pyridine rings is 1. The van der Waals surface area contributed by atoms with E-state index in [-0.39, 0.29) is 28.4 Å². The number of nitrogens with zero attached hydrogens (tertiary/aromatic N) is 2. The van der Waals surface area contributed by atoms with Crippen molar-refractivity contribution >= 4 is 58.0 Å². The zero-order valence-electron chi connectivity index (χ0n) is 12.9. The van der Waals surface area contributed by atoms with E-state index in [0.717, 1.165) is 0 Å². The van der Waals surface area contributed by atoms with Crippen molar-refractivity contribution in [2.24, 2.45) is 0 Å². The number of aromatic nitrogens is 3. The molecular formula is C16H12Cl3N5O2. The zero-order chi connectivity index (χ0) is 18.7. The number of carbonyl (C=O) groups is 2. The maximum atomic E-state index is 12.4. The molecule has 0 aliphatic rings. The van der Waals surface area contributed by atoms with E-state index in [9.17, 15) is 9.59 Å². The predicted octanol–water partition coefficient (Wildman–Crippen LogP) is 4.52. The van der Waals surface area contributed by atoms with Gasteiger partial charge < -0.3 is 10.6 Å². The summed E-state index contributed by atoms with van der Waals surface area (Å²) in [6, 6.07) is 7.83. The van der Waals surface area contributed by atoms with Crippen molar-refractivity contribution in [2.45, 2.75) is 0 Å². The maximum Gasteiger partial charge on any atom is 0.275 e. The van der Waals surface area contributed by atoms with Gasteiger partial charge in [-0.3, -0.25) is 14.7 Å². The standard InChI is InChI=1S/C16H10Cl3N5O2.H2/c17-9-2-1-3-10(18)13(9)15(25)23-11-7-21-24-14(11)16(26)22-8-4-5-12(19)20-6-8;/h1-7H,(H,21,24)(H,22,26)(H,23,25);1H. The lowest BCUT2D eigenvalue weighted by Gasteiger charge is -2.09. The molecule has 3 rings (SSSR count). The number of anilines is 2. The van der Waals surface area contributed by atoms with Gasteiger partial charge >= 0.3 is 0 Å². The molecule has 2 heterocycles. The first-order valence-corrected chi connectivity index (χ1v) is 8.30. The van der Waals surface area contributed by atoms with Gasteiger partial charge in [-0.1, -0.05) is 40.9 Å². The second-order valence-corrected chi connectivity index (χ2v) is 6.23. The maximum absolute atomic E-state index is 12.4. The highest BCUT2D eigenvalue weighted by molar-refractivity contribution is 6.40. The molecular weight excluding hydrogens is 401 g/mol. The third-order valence-electron chi connectivity index (χ3n) is 3.29. The number of amides is 2. The lowest BCUT2D eigenvalue weighted by molar-refractivity contribution is 0.102. The van der Waals surface area contributed by atoms with E-state index in [4.69, 9.17) is 34.8 Å². The number of carbonyl (C=O) groups excluding carboxylic acids is 2. The molecule has 0 saturated carbocycles. The van der Waals surface area contributed by atoms with E-state index in [0.29, 0.717) is 10.8 Å². The zero-order valence-corrected chi connectivity index (χ0v) is 15.2. The monoisotopic (exact) mass is 411 g/mol. The van der Waals surface area contributed by atoms with Crippen molar-refractivity contribution in [2.75, 3.05) is 10.6 Å². The molecule has 0 aliphatic carbocycles. The van der Waals surface area contributed by atoms with Gasteiger partial charge in [-0.05, 0) is 24.3 Å². The Morgan fingerprint density at radius 1 is 0.962 bits per heavy atom. The van der Waals surface area contributed by atoms with Crippen LogP contribution in [0.3, 0.4) is 0 Å². The quantitative estimate of drug-likeness (QED) is 0.549. The molecule has 0 saturated heterocycles. The van der Waals surface area contributed by atoms with E-state index in [2.05, 4.69) is 25.8 Å². The third-order valence-corrected chi connectivity index (χ3v) is 4.14. The molecule has 0 aliphatic heterocycles. The van der Waals surface area contributed by atoms with Crippen molar-refractivity contribution in [1.82, 2.24) is 15.2 Å². The summed E-state index contributed by atoms with van der Waals surface area (Å²) in [6.07, 6.45) is 2.70. The lowest BCUT2D eigenvalue weighted by Crippen LogP contribution is -2.18. The molecule has 7 nitrogen and oxygen atoms in total. The second-order valence-electron chi connectivity index (χ2n) is 5.03. The molecule has 10 heteroatoms. The normalized spacial score (nSPS) is 10.4. The fourth-order valence-electron chi connectivity index (χ4n) is 2.10. The van der Waals surface area contributed by atoms with E-state index in [1.807, 2.05) is 0 Å². The molecule has 0 atom stereocenters. The largest absolute Gasteiger partial charge is 0.319 e. The van der Waals surface area contributed by atoms with Gasteiger partial charge in [0.2, 0.25) is 0 Å². The predicted molar refractivity (Wildman–Crippen MR) is 102 cm³/mol. The summed E-state index contributed by atoms with van der Waals surface area (Å²) in [4.78, 5) is 28.7. The van der Waals surface area contributed by atoms with Crippen LogP contribution in [0, 0.1) is 0 Å². The van der Waals surface area contributed by atoms with Crippen LogP contribution >= 0.6 is 34.8 Å². The fraction of sp³-hybridized carbons (Fsp3) is 0. The van der Waals surface area contributed by atoms with Gasteiger partial charge in [0.15, 0.2) is 0 Å². The number of H-pyrrole nitrogens is 1. The van der Waals surface area contributed by atoms with Crippen molar-refractivity contribution in [3.63, 3.8) is 0 Å². The first kappa shape index (κ1) is 18.2. The number of hydrogen-bond acceptors (Lipinski definition) is 4. The molecule has 2 amide bonds. The van der Waals surface area contributed by atoms with Crippen molar-refractivity contribution < 1.29 is 11.0 Å². The second kappa shape index (κ2) is 7.74. The number of hydrogen-bond donors (Lipinski definition) is 3. The summed E-state index contributed by atoms with van der Waals surface area (Å²) in [5, 5.41) is 12.2. The van der Waals surface area contributed by atoms with Crippen LogP contribution < -0.4 is 10.6 Å². The fourth-order valence-corrected chi connectivity index (χ4v) is 2.78. The number of benzene rings is 1. The summed E-state index contributed by atoms with van der Waals surface area (Å²) in [6.45, 7) is 0. The van der Waals surface area contributed by atoms with Crippen molar-refractivity contribution in [3.8, 4) is 0 Å². The van der Waals surface area contributed by atoms with E-state index >= 15 is 0 Å². The highest BCUT2D eigenvalue weighted by atomic mass is 35.5. The Kier molecular flexibility index (Phi) is 5.41. The average Bonchev–Trinajstić information content (AvgIpc) is 3.05. The van der Waals surface area contributed by atoms with Crippen LogP contribution in [-0.2, 0) is 0 Å². The average molecular weight is 413 g/mol. The molecule has 0 unspecified atom stereocenters. The molecule has 26 heavy (non-hydrogen) atoms. The first-order valence-electron chi connectivity index (χ1n) is 7.17. The number of halogens is 3. The first-order chi connectivity index (χ1) is 12.5. The van der Waals surface area contributed by atoms with Gasteiger partial charge in [-0.15, -0.1) is 0 Å². The number of aromatic amines is 1. The lowest BCUT2D eigenvalue weighted by atomic mass is 10.2. The minimum atomic E-state index is -0.566. The molecule has 3 N–H and O–H groups in total. The molecule has 3 aromatic rings.